The molecule has 10 aromatic rings. The second kappa shape index (κ2) is 14.3. The van der Waals surface area contributed by atoms with Crippen LogP contribution in [0.4, 0.5) is 0 Å². The maximum absolute atomic E-state index is 10.0. The Labute approximate surface area is 329 Å². The van der Waals surface area contributed by atoms with Gasteiger partial charge in [-0.1, -0.05) is 152 Å². The third-order valence-corrected chi connectivity index (χ3v) is 10.3. The molecule has 3 heterocycles. The first-order chi connectivity index (χ1) is 28.2. The van der Waals surface area contributed by atoms with Crippen LogP contribution in [0.1, 0.15) is 5.56 Å². The van der Waals surface area contributed by atoms with E-state index in [0.717, 1.165) is 83.6 Å². The maximum Gasteiger partial charge on any atom is 0.162 e. The molecule has 0 bridgehead atoms. The van der Waals surface area contributed by atoms with Gasteiger partial charge in [0.2, 0.25) is 0 Å². The van der Waals surface area contributed by atoms with Gasteiger partial charge in [-0.3, -0.25) is 0 Å². The molecule has 7 aromatic carbocycles. The minimum absolute atomic E-state index is 0.565. The van der Waals surface area contributed by atoms with E-state index in [1.54, 1.807) is 0 Å². The van der Waals surface area contributed by atoms with E-state index in [9.17, 15) is 5.26 Å². The molecule has 0 N–H and O–H groups in total. The zero-order chi connectivity index (χ0) is 38.1. The van der Waals surface area contributed by atoms with Crippen LogP contribution in [0.25, 0.3) is 95.3 Å². The van der Waals surface area contributed by atoms with Gasteiger partial charge in [0.1, 0.15) is 0 Å². The number of hydrogen-bond acceptors (Lipinski definition) is 5. The summed E-state index contributed by atoms with van der Waals surface area (Å²) in [5.74, 6) is 1.20. The highest BCUT2D eigenvalue weighted by atomic mass is 15.0. The molecule has 10 rings (SSSR count). The second-order valence-corrected chi connectivity index (χ2v) is 13.8. The summed E-state index contributed by atoms with van der Waals surface area (Å²) in [7, 11) is 0. The Balaban J connectivity index is 1.28. The maximum atomic E-state index is 10.0. The Hall–Kier alpha value is -8.01. The minimum Gasteiger partial charge on any atom is -0.308 e. The van der Waals surface area contributed by atoms with Gasteiger partial charge in [-0.2, -0.15) is 5.26 Å². The highest BCUT2D eigenvalue weighted by molar-refractivity contribution is 6.10. The van der Waals surface area contributed by atoms with Crippen LogP contribution in [-0.4, -0.2) is 24.5 Å². The fourth-order valence-corrected chi connectivity index (χ4v) is 7.52. The SMILES string of the molecule is N#Cc1ccc2c3ccccc3n(-c3ccc(-c4cc(-c5ccccc5)nc(-c5ccccc5)n4)cc3-c3nc(-c4ccccc4)cc(-c4ccccc4)n3)c2c1. The largest absolute Gasteiger partial charge is 0.308 e. The quantitative estimate of drug-likeness (QED) is 0.163. The number of hydrogen-bond donors (Lipinski definition) is 0. The van der Waals surface area contributed by atoms with Crippen molar-refractivity contribution in [3.05, 3.63) is 200 Å². The van der Waals surface area contributed by atoms with Gasteiger partial charge >= 0.3 is 0 Å². The molecule has 0 saturated heterocycles. The lowest BCUT2D eigenvalue weighted by molar-refractivity contribution is 1.13. The molecule has 0 saturated carbocycles. The number of benzene rings is 7. The fraction of sp³-hybridized carbons (Fsp3) is 0. The van der Waals surface area contributed by atoms with Crippen molar-refractivity contribution in [2.75, 3.05) is 0 Å². The van der Waals surface area contributed by atoms with Crippen LogP contribution in [0.15, 0.2) is 194 Å². The lowest BCUT2D eigenvalue weighted by atomic mass is 10.0. The normalized spacial score (nSPS) is 11.1. The van der Waals surface area contributed by atoms with E-state index < -0.39 is 0 Å². The Bertz CT molecular complexity index is 3000. The number of fused-ring (bicyclic) bond motifs is 3. The fourth-order valence-electron chi connectivity index (χ4n) is 7.52. The molecule has 3 aromatic heterocycles. The average Bonchev–Trinajstić information content (AvgIpc) is 3.63. The predicted octanol–water partition coefficient (Wildman–Crippen LogP) is 12.2. The van der Waals surface area contributed by atoms with E-state index in [4.69, 9.17) is 19.9 Å². The van der Waals surface area contributed by atoms with Crippen LogP contribution in [0, 0.1) is 11.3 Å². The Morgan fingerprint density at radius 1 is 0.368 bits per heavy atom. The molecule has 0 aliphatic carbocycles. The summed E-state index contributed by atoms with van der Waals surface area (Å²) in [5, 5.41) is 12.2. The molecule has 0 amide bonds. The summed E-state index contributed by atoms with van der Waals surface area (Å²) >= 11 is 0. The number of nitrogens with zero attached hydrogens (tertiary/aromatic N) is 6. The number of para-hydroxylation sites is 1. The monoisotopic (exact) mass is 728 g/mol. The van der Waals surface area contributed by atoms with Crippen molar-refractivity contribution >= 4 is 21.8 Å². The zero-order valence-electron chi connectivity index (χ0n) is 30.7. The van der Waals surface area contributed by atoms with Crippen LogP contribution >= 0.6 is 0 Å². The standard InChI is InChI=1S/C51H32N6/c52-33-34-25-27-41-40-23-13-14-24-47(40)57(49(41)29-34)48-28-26-39(46-32-43(35-15-5-1-6-16-35)53-50(54-46)38-21-11-4-12-22-38)30-42(48)51-55-44(36-17-7-2-8-18-36)31-45(56-51)37-19-9-3-10-20-37/h1-32H. The van der Waals surface area contributed by atoms with Gasteiger partial charge in [0.25, 0.3) is 0 Å². The lowest BCUT2D eigenvalue weighted by Crippen LogP contribution is -2.03. The van der Waals surface area contributed by atoms with Gasteiger partial charge in [-0.15, -0.1) is 0 Å². The third kappa shape index (κ3) is 6.29. The van der Waals surface area contributed by atoms with Crippen molar-refractivity contribution in [2.45, 2.75) is 0 Å². The van der Waals surface area contributed by atoms with Gasteiger partial charge < -0.3 is 4.57 Å². The first-order valence-corrected chi connectivity index (χ1v) is 18.8. The van der Waals surface area contributed by atoms with Crippen LogP contribution < -0.4 is 0 Å². The summed E-state index contributed by atoms with van der Waals surface area (Å²) in [5.41, 5.74) is 12.2. The highest BCUT2D eigenvalue weighted by Gasteiger charge is 2.21. The molecule has 0 atom stereocenters. The van der Waals surface area contributed by atoms with Crippen molar-refractivity contribution in [3.8, 4) is 79.6 Å². The second-order valence-electron chi connectivity index (χ2n) is 13.8. The highest BCUT2D eigenvalue weighted by Crippen LogP contribution is 2.39. The molecule has 57 heavy (non-hydrogen) atoms. The average molecular weight is 729 g/mol. The van der Waals surface area contributed by atoms with Crippen molar-refractivity contribution in [2.24, 2.45) is 0 Å². The van der Waals surface area contributed by atoms with E-state index in [0.29, 0.717) is 17.2 Å². The Kier molecular flexibility index (Phi) is 8.44. The molecule has 0 fully saturated rings. The molecule has 0 aliphatic heterocycles. The van der Waals surface area contributed by atoms with E-state index in [2.05, 4.69) is 95.6 Å². The van der Waals surface area contributed by atoms with Gasteiger partial charge in [-0.25, -0.2) is 19.9 Å². The summed E-state index contributed by atoms with van der Waals surface area (Å²) < 4.78 is 2.23. The number of aromatic nitrogens is 5. The van der Waals surface area contributed by atoms with E-state index in [1.807, 2.05) is 109 Å². The van der Waals surface area contributed by atoms with Crippen molar-refractivity contribution in [1.82, 2.24) is 24.5 Å². The van der Waals surface area contributed by atoms with Crippen LogP contribution in [0.5, 0.6) is 0 Å². The van der Waals surface area contributed by atoms with Gasteiger partial charge in [0.05, 0.1) is 51.1 Å². The Morgan fingerprint density at radius 2 is 0.842 bits per heavy atom. The Morgan fingerprint density at radius 3 is 1.40 bits per heavy atom. The molecule has 0 aliphatic rings. The van der Waals surface area contributed by atoms with Crippen LogP contribution in [-0.2, 0) is 0 Å². The molecular formula is C51H32N6. The minimum atomic E-state index is 0.565. The third-order valence-electron chi connectivity index (χ3n) is 10.3. The van der Waals surface area contributed by atoms with Gasteiger partial charge in [-0.05, 0) is 42.5 Å². The van der Waals surface area contributed by atoms with Crippen molar-refractivity contribution in [3.63, 3.8) is 0 Å². The molecule has 6 heteroatoms. The molecule has 0 radical (unpaired) electrons. The number of nitriles is 1. The summed E-state index contributed by atoms with van der Waals surface area (Å²) in [6, 6.07) is 67.8. The molecule has 6 nitrogen and oxygen atoms in total. The predicted molar refractivity (Wildman–Crippen MR) is 229 cm³/mol. The van der Waals surface area contributed by atoms with E-state index >= 15 is 0 Å². The topological polar surface area (TPSA) is 80.3 Å². The summed E-state index contributed by atoms with van der Waals surface area (Å²) in [4.78, 5) is 20.9. The smallest absolute Gasteiger partial charge is 0.162 e. The molecular weight excluding hydrogens is 697 g/mol. The molecule has 266 valence electrons. The van der Waals surface area contributed by atoms with Crippen LogP contribution in [0.3, 0.4) is 0 Å². The van der Waals surface area contributed by atoms with E-state index in [1.165, 1.54) is 0 Å². The molecule has 0 spiro atoms. The van der Waals surface area contributed by atoms with Crippen molar-refractivity contribution < 1.29 is 0 Å². The van der Waals surface area contributed by atoms with Crippen molar-refractivity contribution in [1.29, 1.82) is 5.26 Å². The van der Waals surface area contributed by atoms with Gasteiger partial charge in [0, 0.05) is 44.2 Å². The van der Waals surface area contributed by atoms with Crippen LogP contribution in [0.2, 0.25) is 0 Å². The number of rotatable bonds is 7. The van der Waals surface area contributed by atoms with Gasteiger partial charge in [0.15, 0.2) is 11.6 Å². The molecule has 0 unspecified atom stereocenters. The zero-order valence-corrected chi connectivity index (χ0v) is 30.7. The summed E-state index contributed by atoms with van der Waals surface area (Å²) in [6.07, 6.45) is 0. The first kappa shape index (κ1) is 33.6. The summed E-state index contributed by atoms with van der Waals surface area (Å²) in [6.45, 7) is 0. The lowest BCUT2D eigenvalue weighted by Gasteiger charge is -2.17. The first-order valence-electron chi connectivity index (χ1n) is 18.8. The van der Waals surface area contributed by atoms with E-state index in [-0.39, 0.29) is 0 Å².